The summed E-state index contributed by atoms with van der Waals surface area (Å²) < 4.78 is 37.8. The van der Waals surface area contributed by atoms with E-state index in [4.69, 9.17) is 0 Å². The Balaban J connectivity index is 1.87. The maximum absolute atomic E-state index is 13.1. The van der Waals surface area contributed by atoms with E-state index in [1.165, 1.54) is 36.4 Å². The van der Waals surface area contributed by atoms with Gasteiger partial charge in [-0.1, -0.05) is 30.2 Å². The molecular weight excluding hydrogens is 327 g/mol. The van der Waals surface area contributed by atoms with Crippen LogP contribution in [0, 0.1) is 17.7 Å². The first-order chi connectivity index (χ1) is 11.6. The molecule has 0 atom stereocenters. The zero-order chi connectivity index (χ0) is 17.0. The van der Waals surface area contributed by atoms with Crippen LogP contribution in [0.5, 0.6) is 0 Å². The molecule has 0 amide bonds. The molecule has 0 N–H and O–H groups in total. The second kappa shape index (κ2) is 6.60. The van der Waals surface area contributed by atoms with E-state index in [1.807, 2.05) is 0 Å². The first-order valence-electron chi connectivity index (χ1n) is 6.97. The van der Waals surface area contributed by atoms with Crippen LogP contribution in [0.4, 0.5) is 4.39 Å². The predicted octanol–water partition coefficient (Wildman–Crippen LogP) is 2.85. The molecule has 0 saturated carbocycles. The van der Waals surface area contributed by atoms with E-state index in [0.29, 0.717) is 11.3 Å². The molecule has 2 aromatic carbocycles. The Morgan fingerprint density at radius 2 is 1.62 bits per heavy atom. The van der Waals surface area contributed by atoms with E-state index in [-0.39, 0.29) is 15.7 Å². The molecule has 118 valence electrons. The van der Waals surface area contributed by atoms with Gasteiger partial charge >= 0.3 is 0 Å². The molecule has 4 nitrogen and oxygen atoms in total. The normalized spacial score (nSPS) is 10.7. The van der Waals surface area contributed by atoms with Crippen LogP contribution in [0.1, 0.15) is 11.3 Å². The standard InChI is InChI=1S/C18H11FN2O2S/c19-15-6-4-5-14(13-15)9-10-16-11-12-18(21-20-16)24(22,23)17-7-2-1-3-8-17/h1-8,11-13H. The molecule has 0 radical (unpaired) electrons. The fourth-order valence-corrected chi connectivity index (χ4v) is 3.11. The summed E-state index contributed by atoms with van der Waals surface area (Å²) in [5.41, 5.74) is 0.795. The number of aromatic nitrogens is 2. The van der Waals surface area contributed by atoms with Crippen LogP contribution in [0.25, 0.3) is 0 Å². The Bertz CT molecular complexity index is 1020. The Morgan fingerprint density at radius 1 is 0.833 bits per heavy atom. The highest BCUT2D eigenvalue weighted by Crippen LogP contribution is 2.17. The van der Waals surface area contributed by atoms with Gasteiger partial charge in [0.2, 0.25) is 9.84 Å². The van der Waals surface area contributed by atoms with Crippen molar-refractivity contribution < 1.29 is 12.8 Å². The number of halogens is 1. The summed E-state index contributed by atoms with van der Waals surface area (Å²) >= 11 is 0. The van der Waals surface area contributed by atoms with Gasteiger partial charge in [0.15, 0.2) is 5.03 Å². The number of benzene rings is 2. The molecule has 3 rings (SSSR count). The molecule has 3 aromatic rings. The number of sulfone groups is 1. The van der Waals surface area contributed by atoms with Gasteiger partial charge in [-0.15, -0.1) is 10.2 Å². The number of hydrogen-bond donors (Lipinski definition) is 0. The number of rotatable bonds is 2. The van der Waals surface area contributed by atoms with Crippen LogP contribution in [0.2, 0.25) is 0 Å². The highest BCUT2D eigenvalue weighted by molar-refractivity contribution is 7.91. The van der Waals surface area contributed by atoms with E-state index in [2.05, 4.69) is 22.0 Å². The van der Waals surface area contributed by atoms with Gasteiger partial charge in [0.1, 0.15) is 11.5 Å². The topological polar surface area (TPSA) is 59.9 Å². The van der Waals surface area contributed by atoms with Crippen LogP contribution >= 0.6 is 0 Å². The highest BCUT2D eigenvalue weighted by Gasteiger charge is 2.19. The van der Waals surface area contributed by atoms with Gasteiger partial charge in [0.25, 0.3) is 0 Å². The minimum Gasteiger partial charge on any atom is -0.217 e. The number of nitrogens with zero attached hydrogens (tertiary/aromatic N) is 2. The largest absolute Gasteiger partial charge is 0.225 e. The van der Waals surface area contributed by atoms with Crippen LogP contribution in [-0.4, -0.2) is 18.6 Å². The van der Waals surface area contributed by atoms with Crippen molar-refractivity contribution >= 4 is 9.84 Å². The van der Waals surface area contributed by atoms with Gasteiger partial charge in [-0.05, 0) is 48.4 Å². The van der Waals surface area contributed by atoms with Crippen molar-refractivity contribution in [2.75, 3.05) is 0 Å². The minimum absolute atomic E-state index is 0.148. The molecule has 0 aliphatic heterocycles. The molecule has 0 aliphatic rings. The lowest BCUT2D eigenvalue weighted by Gasteiger charge is -2.02. The maximum Gasteiger partial charge on any atom is 0.225 e. The summed E-state index contributed by atoms with van der Waals surface area (Å²) in [4.78, 5) is 0.151. The average molecular weight is 338 g/mol. The molecule has 0 bridgehead atoms. The van der Waals surface area contributed by atoms with Gasteiger partial charge in [-0.25, -0.2) is 12.8 Å². The molecular formula is C18H11FN2O2S. The molecule has 0 spiro atoms. The lowest BCUT2D eigenvalue weighted by Crippen LogP contribution is -2.05. The zero-order valence-electron chi connectivity index (χ0n) is 12.3. The van der Waals surface area contributed by atoms with Gasteiger partial charge in [0.05, 0.1) is 4.90 Å². The fraction of sp³-hybridized carbons (Fsp3) is 0. The third-order valence-corrected chi connectivity index (χ3v) is 4.79. The van der Waals surface area contributed by atoms with Crippen molar-refractivity contribution in [2.24, 2.45) is 0 Å². The van der Waals surface area contributed by atoms with Crippen molar-refractivity contribution in [1.29, 1.82) is 0 Å². The Hall–Kier alpha value is -3.04. The summed E-state index contributed by atoms with van der Waals surface area (Å²) in [6.07, 6.45) is 0. The summed E-state index contributed by atoms with van der Waals surface area (Å²) in [5, 5.41) is 7.41. The minimum atomic E-state index is -3.70. The Morgan fingerprint density at radius 3 is 2.29 bits per heavy atom. The smallest absolute Gasteiger partial charge is 0.217 e. The lowest BCUT2D eigenvalue weighted by molar-refractivity contribution is 0.590. The van der Waals surface area contributed by atoms with E-state index in [0.717, 1.165) is 0 Å². The van der Waals surface area contributed by atoms with Crippen molar-refractivity contribution in [3.63, 3.8) is 0 Å². The summed E-state index contributed by atoms with van der Waals surface area (Å²) in [5.74, 6) is 5.09. The quantitative estimate of drug-likeness (QED) is 0.674. The van der Waals surface area contributed by atoms with Crippen molar-refractivity contribution in [2.45, 2.75) is 9.92 Å². The van der Waals surface area contributed by atoms with Gasteiger partial charge in [-0.2, -0.15) is 0 Å². The van der Waals surface area contributed by atoms with E-state index < -0.39 is 9.84 Å². The summed E-state index contributed by atoms with van der Waals surface area (Å²) in [7, 11) is -3.70. The lowest BCUT2D eigenvalue weighted by atomic mass is 10.2. The first kappa shape index (κ1) is 15.8. The van der Waals surface area contributed by atoms with Crippen LogP contribution < -0.4 is 0 Å². The van der Waals surface area contributed by atoms with E-state index in [9.17, 15) is 12.8 Å². The van der Waals surface area contributed by atoms with E-state index >= 15 is 0 Å². The first-order valence-corrected chi connectivity index (χ1v) is 8.45. The van der Waals surface area contributed by atoms with Crippen molar-refractivity contribution in [3.05, 3.63) is 83.8 Å². The molecule has 6 heteroatoms. The highest BCUT2D eigenvalue weighted by atomic mass is 32.2. The van der Waals surface area contributed by atoms with Crippen LogP contribution in [0.3, 0.4) is 0 Å². The van der Waals surface area contributed by atoms with Crippen LogP contribution in [-0.2, 0) is 9.84 Å². The predicted molar refractivity (Wildman–Crippen MR) is 86.3 cm³/mol. The summed E-state index contributed by atoms with van der Waals surface area (Å²) in [6, 6.07) is 16.7. The fourth-order valence-electron chi connectivity index (χ4n) is 1.95. The molecule has 24 heavy (non-hydrogen) atoms. The van der Waals surface area contributed by atoms with Crippen molar-refractivity contribution in [3.8, 4) is 11.8 Å². The molecule has 0 unspecified atom stereocenters. The van der Waals surface area contributed by atoms with Gasteiger partial charge in [-0.3, -0.25) is 0 Å². The molecule has 0 fully saturated rings. The van der Waals surface area contributed by atoms with Gasteiger partial charge in [0, 0.05) is 5.56 Å². The third-order valence-electron chi connectivity index (χ3n) is 3.13. The van der Waals surface area contributed by atoms with Crippen molar-refractivity contribution in [1.82, 2.24) is 10.2 Å². The molecule has 0 aliphatic carbocycles. The zero-order valence-corrected chi connectivity index (χ0v) is 13.2. The summed E-state index contributed by atoms with van der Waals surface area (Å²) in [6.45, 7) is 0. The molecule has 1 heterocycles. The Labute approximate surface area is 138 Å². The number of hydrogen-bond acceptors (Lipinski definition) is 4. The third kappa shape index (κ3) is 3.47. The van der Waals surface area contributed by atoms with Crippen LogP contribution in [0.15, 0.2) is 76.7 Å². The SMILES string of the molecule is O=S(=O)(c1ccccc1)c1ccc(C#Cc2cccc(F)c2)nn1. The van der Waals surface area contributed by atoms with Gasteiger partial charge < -0.3 is 0 Å². The average Bonchev–Trinajstić information content (AvgIpc) is 2.61. The second-order valence-corrected chi connectivity index (χ2v) is 6.73. The second-order valence-electron chi connectivity index (χ2n) is 4.83. The molecule has 1 aromatic heterocycles. The maximum atomic E-state index is 13.1. The van der Waals surface area contributed by atoms with E-state index in [1.54, 1.807) is 30.3 Å². The monoisotopic (exact) mass is 338 g/mol. The molecule has 0 saturated heterocycles. The Kier molecular flexibility index (Phi) is 4.36.